The molecule has 0 heterocycles. The summed E-state index contributed by atoms with van der Waals surface area (Å²) in [7, 11) is 0. The number of non-ortho nitro benzene ring substituents is 1. The summed E-state index contributed by atoms with van der Waals surface area (Å²) in [6.45, 7) is 2.36. The van der Waals surface area contributed by atoms with Crippen molar-refractivity contribution in [1.29, 1.82) is 0 Å². The Hall–Kier alpha value is -5.03. The van der Waals surface area contributed by atoms with Crippen LogP contribution in [0, 0.1) is 26.1 Å². The van der Waals surface area contributed by atoms with Gasteiger partial charge in [0.1, 0.15) is 17.8 Å². The number of amides is 3. The summed E-state index contributed by atoms with van der Waals surface area (Å²) in [6, 6.07) is 0.474. The fraction of sp³-hybridized carbons (Fsp3) is 0.476. The molecular weight excluding hydrogens is 522 g/mol. The van der Waals surface area contributed by atoms with Crippen LogP contribution >= 0.6 is 0 Å². The Kier molecular flexibility index (Phi) is 12.5. The molecule has 0 spiro atoms. The molecule has 0 saturated heterocycles. The van der Waals surface area contributed by atoms with Crippen LogP contribution in [0.5, 0.6) is 0 Å². The van der Waals surface area contributed by atoms with Crippen molar-refractivity contribution in [3.05, 3.63) is 38.4 Å². The van der Waals surface area contributed by atoms with Gasteiger partial charge in [0, 0.05) is 12.6 Å². The number of carbonyl (C=O) groups excluding carboxylic acids is 3. The minimum absolute atomic E-state index is 0.0343. The number of hydrogen-bond acceptors (Lipinski definition) is 10. The zero-order valence-electron chi connectivity index (χ0n) is 21.2. The third-order valence-electron chi connectivity index (χ3n) is 5.10. The molecule has 0 radical (unpaired) electrons. The molecular formula is C21H31N9O9. The topological polar surface area (TPSA) is 287 Å². The molecule has 0 bridgehead atoms. The first kappa shape index (κ1) is 32.0. The summed E-state index contributed by atoms with van der Waals surface area (Å²) in [5.41, 5.74) is 9.17. The molecule has 0 aromatic heterocycles. The van der Waals surface area contributed by atoms with Crippen LogP contribution in [0.15, 0.2) is 23.2 Å². The maximum Gasteiger partial charge on any atom is 0.326 e. The highest BCUT2D eigenvalue weighted by Gasteiger charge is 2.28. The van der Waals surface area contributed by atoms with Gasteiger partial charge in [0.05, 0.1) is 29.0 Å². The van der Waals surface area contributed by atoms with Gasteiger partial charge in [-0.25, -0.2) is 4.79 Å². The van der Waals surface area contributed by atoms with Gasteiger partial charge in [-0.05, 0) is 24.8 Å². The predicted molar refractivity (Wildman–Crippen MR) is 137 cm³/mol. The molecule has 0 unspecified atom stereocenters. The highest BCUT2D eigenvalue weighted by molar-refractivity contribution is 5.92. The molecule has 39 heavy (non-hydrogen) atoms. The Bertz CT molecular complexity index is 1120. The zero-order chi connectivity index (χ0) is 29.7. The lowest BCUT2D eigenvalue weighted by Crippen LogP contribution is -2.55. The van der Waals surface area contributed by atoms with Crippen LogP contribution in [0.2, 0.25) is 0 Å². The molecule has 1 rings (SSSR count). The van der Waals surface area contributed by atoms with Gasteiger partial charge < -0.3 is 37.8 Å². The van der Waals surface area contributed by atoms with Gasteiger partial charge in [0.2, 0.25) is 17.7 Å². The summed E-state index contributed by atoms with van der Waals surface area (Å²) in [4.78, 5) is 72.7. The number of guanidine groups is 1. The van der Waals surface area contributed by atoms with E-state index in [1.807, 2.05) is 0 Å². The summed E-state index contributed by atoms with van der Waals surface area (Å²) in [6.07, 6.45) is 0.309. The molecule has 0 fully saturated rings. The average molecular weight is 554 g/mol. The van der Waals surface area contributed by atoms with Gasteiger partial charge in [0.25, 0.3) is 11.4 Å². The van der Waals surface area contributed by atoms with E-state index in [2.05, 4.69) is 26.3 Å². The lowest BCUT2D eigenvalue weighted by Gasteiger charge is -2.24. The first-order valence-electron chi connectivity index (χ1n) is 11.5. The molecule has 1 aromatic carbocycles. The number of nitro groups is 2. The molecule has 2 atom stereocenters. The molecule has 0 aliphatic heterocycles. The fourth-order valence-electron chi connectivity index (χ4n) is 3.13. The predicted octanol–water partition coefficient (Wildman–Crippen LogP) is -1.21. The van der Waals surface area contributed by atoms with Crippen molar-refractivity contribution >= 4 is 46.7 Å². The van der Waals surface area contributed by atoms with E-state index >= 15 is 0 Å². The average Bonchev–Trinajstić information content (AvgIpc) is 2.85. The number of nitrogens with two attached hydrogens (primary N) is 2. The molecule has 0 saturated carbocycles. The summed E-state index contributed by atoms with van der Waals surface area (Å²) in [5, 5.41) is 40.9. The third kappa shape index (κ3) is 11.3. The number of carboxylic acid groups (broad SMARTS) is 1. The number of carbonyl (C=O) groups is 4. The SMILES string of the molecule is CC(C)[C@H](NC(=O)CNC(=O)CNc1ccc([N+](=O)[O-])cc1[N+](=O)[O-])C(=O)N[C@@H](CCCN=C(N)N)C(=O)O. The number of anilines is 1. The number of nitro benzene ring substituents is 2. The molecule has 0 aliphatic carbocycles. The van der Waals surface area contributed by atoms with Crippen LogP contribution in [0.4, 0.5) is 17.1 Å². The number of hydrogen-bond donors (Lipinski definition) is 7. The Morgan fingerprint density at radius 2 is 1.69 bits per heavy atom. The fourth-order valence-corrected chi connectivity index (χ4v) is 3.13. The molecule has 1 aromatic rings. The molecule has 18 heteroatoms. The minimum atomic E-state index is -1.28. The summed E-state index contributed by atoms with van der Waals surface area (Å²) >= 11 is 0. The van der Waals surface area contributed by atoms with Crippen molar-refractivity contribution in [2.24, 2.45) is 22.4 Å². The second-order valence-electron chi connectivity index (χ2n) is 8.48. The van der Waals surface area contributed by atoms with Crippen LogP contribution in [0.25, 0.3) is 0 Å². The van der Waals surface area contributed by atoms with E-state index in [4.69, 9.17) is 11.5 Å². The van der Waals surface area contributed by atoms with Crippen LogP contribution in [0.3, 0.4) is 0 Å². The lowest BCUT2D eigenvalue weighted by atomic mass is 10.0. The monoisotopic (exact) mass is 553 g/mol. The summed E-state index contributed by atoms with van der Waals surface area (Å²) in [5.74, 6) is -4.11. The van der Waals surface area contributed by atoms with Crippen molar-refractivity contribution in [3.8, 4) is 0 Å². The van der Waals surface area contributed by atoms with E-state index in [9.17, 15) is 44.5 Å². The molecule has 214 valence electrons. The number of carboxylic acids is 1. The first-order valence-corrected chi connectivity index (χ1v) is 11.5. The number of aliphatic imine (C=N–C) groups is 1. The second-order valence-corrected chi connectivity index (χ2v) is 8.48. The zero-order valence-corrected chi connectivity index (χ0v) is 21.2. The van der Waals surface area contributed by atoms with E-state index in [0.29, 0.717) is 0 Å². The van der Waals surface area contributed by atoms with E-state index in [1.54, 1.807) is 13.8 Å². The Labute approximate surface area is 221 Å². The van der Waals surface area contributed by atoms with Crippen LogP contribution in [-0.2, 0) is 19.2 Å². The minimum Gasteiger partial charge on any atom is -0.480 e. The van der Waals surface area contributed by atoms with E-state index < -0.39 is 76.0 Å². The number of nitrogens with zero attached hydrogens (tertiary/aromatic N) is 3. The van der Waals surface area contributed by atoms with Crippen molar-refractivity contribution in [2.75, 3.05) is 25.0 Å². The van der Waals surface area contributed by atoms with Crippen LogP contribution in [-0.4, -0.2) is 76.3 Å². The van der Waals surface area contributed by atoms with Gasteiger partial charge in [-0.1, -0.05) is 13.8 Å². The Morgan fingerprint density at radius 3 is 2.23 bits per heavy atom. The highest BCUT2D eigenvalue weighted by atomic mass is 16.6. The van der Waals surface area contributed by atoms with Gasteiger partial charge in [-0.2, -0.15) is 0 Å². The third-order valence-corrected chi connectivity index (χ3v) is 5.10. The van der Waals surface area contributed by atoms with Crippen LogP contribution in [0.1, 0.15) is 26.7 Å². The normalized spacial score (nSPS) is 12.0. The smallest absolute Gasteiger partial charge is 0.326 e. The van der Waals surface area contributed by atoms with E-state index in [-0.39, 0.29) is 31.0 Å². The quantitative estimate of drug-likeness (QED) is 0.0417. The number of aliphatic carboxylic acids is 1. The maximum absolute atomic E-state index is 12.7. The lowest BCUT2D eigenvalue weighted by molar-refractivity contribution is -0.393. The van der Waals surface area contributed by atoms with Gasteiger partial charge in [-0.3, -0.25) is 39.6 Å². The van der Waals surface area contributed by atoms with E-state index in [1.165, 1.54) is 0 Å². The second kappa shape index (κ2) is 15.3. The standard InChI is InChI=1S/C21H31N9O9/c1-11(2)18(19(33)27-14(20(34)35)4-3-7-24-21(22)23)28-17(32)10-26-16(31)9-25-13-6-5-12(29(36)37)8-15(13)30(38)39/h5-6,8,11,14,18,25H,3-4,7,9-10H2,1-2H3,(H,26,31)(H,27,33)(H,28,32)(H,34,35)(H4,22,23,24)/t14-,18-/m0/s1. The molecule has 3 amide bonds. The molecule has 18 nitrogen and oxygen atoms in total. The molecule has 9 N–H and O–H groups in total. The Morgan fingerprint density at radius 1 is 1.03 bits per heavy atom. The van der Waals surface area contributed by atoms with Crippen molar-refractivity contribution < 1.29 is 34.1 Å². The van der Waals surface area contributed by atoms with E-state index in [0.717, 1.165) is 18.2 Å². The van der Waals surface area contributed by atoms with Crippen LogP contribution < -0.4 is 32.7 Å². The number of rotatable bonds is 16. The Balaban J connectivity index is 2.66. The highest BCUT2D eigenvalue weighted by Crippen LogP contribution is 2.28. The van der Waals surface area contributed by atoms with Crippen molar-refractivity contribution in [1.82, 2.24) is 16.0 Å². The first-order chi connectivity index (χ1) is 18.2. The van der Waals surface area contributed by atoms with Gasteiger partial charge in [0.15, 0.2) is 5.96 Å². The summed E-state index contributed by atoms with van der Waals surface area (Å²) < 4.78 is 0. The molecule has 0 aliphatic rings. The van der Waals surface area contributed by atoms with Crippen molar-refractivity contribution in [2.45, 2.75) is 38.8 Å². The largest absolute Gasteiger partial charge is 0.480 e. The van der Waals surface area contributed by atoms with Gasteiger partial charge >= 0.3 is 5.97 Å². The van der Waals surface area contributed by atoms with Crippen molar-refractivity contribution in [3.63, 3.8) is 0 Å². The number of benzene rings is 1. The number of nitrogens with one attached hydrogen (secondary N) is 4. The van der Waals surface area contributed by atoms with Gasteiger partial charge in [-0.15, -0.1) is 0 Å². The maximum atomic E-state index is 12.7.